The maximum Gasteiger partial charge on any atom is 0.251 e. The van der Waals surface area contributed by atoms with Crippen molar-refractivity contribution in [2.24, 2.45) is 0 Å². The van der Waals surface area contributed by atoms with Crippen molar-refractivity contribution in [1.29, 1.82) is 0 Å². The van der Waals surface area contributed by atoms with E-state index in [2.05, 4.69) is 10.0 Å². The number of benzene rings is 1. The normalized spacial score (nSPS) is 15.4. The number of carbonyl (C=O) groups is 1. The zero-order valence-electron chi connectivity index (χ0n) is 11.9. The molecule has 0 unspecified atom stereocenters. The van der Waals surface area contributed by atoms with E-state index < -0.39 is 10.0 Å². The molecule has 1 amide bonds. The van der Waals surface area contributed by atoms with Gasteiger partial charge in [0.25, 0.3) is 5.91 Å². The van der Waals surface area contributed by atoms with Crippen LogP contribution in [0.15, 0.2) is 23.1 Å². The molecule has 0 bridgehead atoms. The molecule has 2 N–H and O–H groups in total. The number of aryl methyl sites for hydroxylation is 1. The first-order chi connectivity index (χ1) is 9.29. The molecule has 110 valence electrons. The molecule has 0 saturated heterocycles. The van der Waals surface area contributed by atoms with E-state index in [1.165, 1.54) is 12.1 Å². The van der Waals surface area contributed by atoms with Gasteiger partial charge in [-0.05, 0) is 51.3 Å². The summed E-state index contributed by atoms with van der Waals surface area (Å²) in [6, 6.07) is 4.70. The number of rotatable bonds is 5. The summed E-state index contributed by atoms with van der Waals surface area (Å²) in [6.07, 6.45) is 1.76. The minimum atomic E-state index is -3.53. The highest BCUT2D eigenvalue weighted by Gasteiger charge is 2.28. The third-order valence-electron chi connectivity index (χ3n) is 3.08. The molecule has 0 heterocycles. The lowest BCUT2D eigenvalue weighted by Crippen LogP contribution is -2.31. The molecule has 5 nitrogen and oxygen atoms in total. The molecule has 1 aliphatic rings. The fourth-order valence-corrected chi connectivity index (χ4v) is 3.17. The highest BCUT2D eigenvalue weighted by molar-refractivity contribution is 7.89. The summed E-state index contributed by atoms with van der Waals surface area (Å²) in [7, 11) is -3.53. The molecule has 6 heteroatoms. The molecule has 1 saturated carbocycles. The first-order valence-electron chi connectivity index (χ1n) is 6.73. The second kappa shape index (κ2) is 5.54. The second-order valence-electron chi connectivity index (χ2n) is 5.50. The third-order valence-corrected chi connectivity index (χ3v) is 4.60. The zero-order valence-corrected chi connectivity index (χ0v) is 12.8. The molecule has 1 aliphatic carbocycles. The van der Waals surface area contributed by atoms with Crippen LogP contribution in [0.4, 0.5) is 0 Å². The van der Waals surface area contributed by atoms with E-state index >= 15 is 0 Å². The number of nitrogens with one attached hydrogen (secondary N) is 2. The third kappa shape index (κ3) is 3.58. The minimum absolute atomic E-state index is 0.00625. The summed E-state index contributed by atoms with van der Waals surface area (Å²) < 4.78 is 26.9. The molecule has 0 aromatic heterocycles. The van der Waals surface area contributed by atoms with Crippen molar-refractivity contribution in [3.05, 3.63) is 29.3 Å². The average Bonchev–Trinajstić information content (AvgIpc) is 3.11. The molecule has 0 radical (unpaired) electrons. The Labute approximate surface area is 119 Å². The van der Waals surface area contributed by atoms with Crippen LogP contribution in [0, 0.1) is 6.92 Å². The second-order valence-corrected chi connectivity index (χ2v) is 7.21. The van der Waals surface area contributed by atoms with Gasteiger partial charge in [0.2, 0.25) is 10.0 Å². The topological polar surface area (TPSA) is 75.3 Å². The van der Waals surface area contributed by atoms with Gasteiger partial charge < -0.3 is 5.32 Å². The lowest BCUT2D eigenvalue weighted by atomic mass is 10.1. The van der Waals surface area contributed by atoms with Gasteiger partial charge in [-0.15, -0.1) is 0 Å². The molecule has 0 spiro atoms. The summed E-state index contributed by atoms with van der Waals surface area (Å²) in [5.74, 6) is -0.249. The maximum absolute atomic E-state index is 12.1. The average molecular weight is 296 g/mol. The van der Waals surface area contributed by atoms with E-state index in [-0.39, 0.29) is 22.9 Å². The molecule has 0 atom stereocenters. The van der Waals surface area contributed by atoms with Crippen LogP contribution in [-0.4, -0.2) is 26.4 Å². The number of amides is 1. The smallest absolute Gasteiger partial charge is 0.251 e. The summed E-state index contributed by atoms with van der Waals surface area (Å²) >= 11 is 0. The SMILES string of the molecule is Cc1ccc(S(=O)(=O)NC2CC2)cc1C(=O)NC(C)C. The number of hydrogen-bond donors (Lipinski definition) is 2. The molecule has 20 heavy (non-hydrogen) atoms. The predicted molar refractivity (Wildman–Crippen MR) is 77.1 cm³/mol. The van der Waals surface area contributed by atoms with E-state index in [0.29, 0.717) is 5.56 Å². The molecule has 1 aromatic rings. The lowest BCUT2D eigenvalue weighted by Gasteiger charge is -2.12. The van der Waals surface area contributed by atoms with Crippen LogP contribution in [0.5, 0.6) is 0 Å². The van der Waals surface area contributed by atoms with Crippen molar-refractivity contribution in [1.82, 2.24) is 10.0 Å². The Kier molecular flexibility index (Phi) is 4.15. The molecular weight excluding hydrogens is 276 g/mol. The molecule has 2 rings (SSSR count). The van der Waals surface area contributed by atoms with E-state index in [1.807, 2.05) is 13.8 Å². The number of carbonyl (C=O) groups excluding carboxylic acids is 1. The first-order valence-corrected chi connectivity index (χ1v) is 8.22. The Bertz CT molecular complexity index is 619. The van der Waals surface area contributed by atoms with E-state index in [1.54, 1.807) is 13.0 Å². The minimum Gasteiger partial charge on any atom is -0.350 e. The van der Waals surface area contributed by atoms with Gasteiger partial charge >= 0.3 is 0 Å². The van der Waals surface area contributed by atoms with Gasteiger partial charge in [0.15, 0.2) is 0 Å². The van der Waals surface area contributed by atoms with Gasteiger partial charge in [-0.25, -0.2) is 13.1 Å². The summed E-state index contributed by atoms with van der Waals surface area (Å²) in [5, 5.41) is 2.78. The Hall–Kier alpha value is -1.40. The fourth-order valence-electron chi connectivity index (χ4n) is 1.84. The molecule has 1 aromatic carbocycles. The Balaban J connectivity index is 2.30. The Morgan fingerprint density at radius 2 is 1.95 bits per heavy atom. The molecule has 1 fully saturated rings. The van der Waals surface area contributed by atoms with Crippen LogP contribution < -0.4 is 10.0 Å². The lowest BCUT2D eigenvalue weighted by molar-refractivity contribution is 0.0942. The van der Waals surface area contributed by atoms with Crippen LogP contribution in [0.2, 0.25) is 0 Å². The number of sulfonamides is 1. The van der Waals surface area contributed by atoms with Crippen molar-refractivity contribution < 1.29 is 13.2 Å². The van der Waals surface area contributed by atoms with Gasteiger partial charge in [0, 0.05) is 17.6 Å². The van der Waals surface area contributed by atoms with Crippen molar-refractivity contribution in [2.75, 3.05) is 0 Å². The Morgan fingerprint density at radius 1 is 1.30 bits per heavy atom. The van der Waals surface area contributed by atoms with Crippen molar-refractivity contribution in [2.45, 2.75) is 50.6 Å². The van der Waals surface area contributed by atoms with Gasteiger partial charge in [0.05, 0.1) is 4.90 Å². The van der Waals surface area contributed by atoms with Gasteiger partial charge in [0.1, 0.15) is 0 Å². The number of hydrogen-bond acceptors (Lipinski definition) is 3. The largest absolute Gasteiger partial charge is 0.350 e. The van der Waals surface area contributed by atoms with E-state index in [0.717, 1.165) is 18.4 Å². The van der Waals surface area contributed by atoms with Crippen LogP contribution >= 0.6 is 0 Å². The quantitative estimate of drug-likeness (QED) is 0.866. The molecular formula is C14H20N2O3S. The Morgan fingerprint density at radius 3 is 2.50 bits per heavy atom. The monoisotopic (exact) mass is 296 g/mol. The van der Waals surface area contributed by atoms with Gasteiger partial charge in [-0.2, -0.15) is 0 Å². The van der Waals surface area contributed by atoms with Crippen LogP contribution in [0.3, 0.4) is 0 Å². The summed E-state index contributed by atoms with van der Waals surface area (Å²) in [4.78, 5) is 12.2. The fraction of sp³-hybridized carbons (Fsp3) is 0.500. The van der Waals surface area contributed by atoms with Crippen molar-refractivity contribution >= 4 is 15.9 Å². The van der Waals surface area contributed by atoms with Crippen LogP contribution in [-0.2, 0) is 10.0 Å². The van der Waals surface area contributed by atoms with Crippen molar-refractivity contribution in [3.8, 4) is 0 Å². The van der Waals surface area contributed by atoms with E-state index in [4.69, 9.17) is 0 Å². The van der Waals surface area contributed by atoms with Crippen LogP contribution in [0.1, 0.15) is 42.6 Å². The van der Waals surface area contributed by atoms with Gasteiger partial charge in [-0.1, -0.05) is 6.07 Å². The summed E-state index contributed by atoms with van der Waals surface area (Å²) in [5.41, 5.74) is 1.16. The van der Waals surface area contributed by atoms with Gasteiger partial charge in [-0.3, -0.25) is 4.79 Å². The first kappa shape index (κ1) is 15.0. The highest BCUT2D eigenvalue weighted by atomic mass is 32.2. The van der Waals surface area contributed by atoms with Crippen molar-refractivity contribution in [3.63, 3.8) is 0 Å². The maximum atomic E-state index is 12.1. The zero-order chi connectivity index (χ0) is 14.9. The standard InChI is InChI=1S/C14H20N2O3S/c1-9(2)15-14(17)13-8-12(7-4-10(13)3)20(18,19)16-11-5-6-11/h4,7-9,11,16H,5-6H2,1-3H3,(H,15,17). The van der Waals surface area contributed by atoms with E-state index in [9.17, 15) is 13.2 Å². The molecule has 0 aliphatic heterocycles. The predicted octanol–water partition coefficient (Wildman–Crippen LogP) is 1.57. The summed E-state index contributed by atoms with van der Waals surface area (Å²) in [6.45, 7) is 5.52. The van der Waals surface area contributed by atoms with Crippen LogP contribution in [0.25, 0.3) is 0 Å². The highest BCUT2D eigenvalue weighted by Crippen LogP contribution is 2.23.